The van der Waals surface area contributed by atoms with Crippen molar-refractivity contribution in [3.63, 3.8) is 0 Å². The van der Waals surface area contributed by atoms with Crippen molar-refractivity contribution in [3.05, 3.63) is 59.8 Å². The van der Waals surface area contributed by atoms with E-state index in [1.54, 1.807) is 29.7 Å². The Hall–Kier alpha value is -2.35. The number of anilines is 1. The number of rotatable bonds is 10. The summed E-state index contributed by atoms with van der Waals surface area (Å²) in [7, 11) is 0. The van der Waals surface area contributed by atoms with Crippen molar-refractivity contribution < 1.29 is 14.3 Å². The molecule has 1 aromatic heterocycles. The van der Waals surface area contributed by atoms with Crippen LogP contribution in [0.1, 0.15) is 49.9 Å². The lowest BCUT2D eigenvalue weighted by atomic mass is 10.00. The molecule has 32 heavy (non-hydrogen) atoms. The summed E-state index contributed by atoms with van der Waals surface area (Å²) in [6, 6.07) is 13.3. The fourth-order valence-corrected chi connectivity index (χ4v) is 5.69. The molecule has 2 heterocycles. The van der Waals surface area contributed by atoms with Gasteiger partial charge >= 0.3 is 0 Å². The highest BCUT2D eigenvalue weighted by atomic mass is 32.2. The summed E-state index contributed by atoms with van der Waals surface area (Å²) >= 11 is 3.55. The minimum Gasteiger partial charge on any atom is -0.460 e. The molecule has 1 unspecified atom stereocenters. The van der Waals surface area contributed by atoms with Gasteiger partial charge in [0.25, 0.3) is 0 Å². The largest absolute Gasteiger partial charge is 0.460 e. The Labute approximate surface area is 197 Å². The molecule has 3 aromatic rings. The van der Waals surface area contributed by atoms with Gasteiger partial charge < -0.3 is 14.8 Å². The number of para-hydroxylation sites is 1. The summed E-state index contributed by atoms with van der Waals surface area (Å²) < 4.78 is 13.8. The summed E-state index contributed by atoms with van der Waals surface area (Å²) in [6.45, 7) is 4.56. The molecule has 0 fully saturated rings. The standard InChI is InChI=1S/C25H28N2O3S2/c1-3-5-6-9-14-31-25-27-20-13-12-17(15-22(20)32-25)26-16-19-23(28)18-10-7-8-11-21(18)30-24(19)29-4-2/h7-8,10-13,15-16,24,26H,3-6,9,14H2,1-2H3. The Bertz CT molecular complexity index is 1110. The first-order chi connectivity index (χ1) is 15.7. The number of ether oxygens (including phenoxy) is 2. The zero-order valence-corrected chi connectivity index (χ0v) is 20.1. The number of fused-ring (bicyclic) bond motifs is 2. The fourth-order valence-electron chi connectivity index (χ4n) is 3.51. The number of nitrogens with zero attached hydrogens (tertiary/aromatic N) is 1. The topological polar surface area (TPSA) is 60.5 Å². The normalized spacial score (nSPS) is 16.9. The third-order valence-corrected chi connectivity index (χ3v) is 7.43. The molecule has 2 aromatic carbocycles. The van der Waals surface area contributed by atoms with Crippen molar-refractivity contribution in [2.75, 3.05) is 17.7 Å². The van der Waals surface area contributed by atoms with Gasteiger partial charge in [-0.2, -0.15) is 0 Å². The van der Waals surface area contributed by atoms with Crippen molar-refractivity contribution in [1.29, 1.82) is 0 Å². The van der Waals surface area contributed by atoms with E-state index in [9.17, 15) is 4.79 Å². The molecule has 7 heteroatoms. The number of hydrogen-bond donors (Lipinski definition) is 1. The van der Waals surface area contributed by atoms with Gasteiger partial charge in [0.05, 0.1) is 21.4 Å². The number of thioether (sulfide) groups is 1. The van der Waals surface area contributed by atoms with Crippen LogP contribution in [0.15, 0.2) is 58.6 Å². The highest BCUT2D eigenvalue weighted by Crippen LogP contribution is 2.33. The van der Waals surface area contributed by atoms with Gasteiger partial charge in [0.15, 0.2) is 10.1 Å². The van der Waals surface area contributed by atoms with Crippen LogP contribution in [-0.4, -0.2) is 29.4 Å². The number of carbonyl (C=O) groups excluding carboxylic acids is 1. The van der Waals surface area contributed by atoms with Crippen LogP contribution in [-0.2, 0) is 4.74 Å². The maximum absolute atomic E-state index is 13.0. The van der Waals surface area contributed by atoms with E-state index in [2.05, 4.69) is 18.3 Å². The van der Waals surface area contributed by atoms with E-state index in [4.69, 9.17) is 14.5 Å². The predicted molar refractivity (Wildman–Crippen MR) is 133 cm³/mol. The number of unbranched alkanes of at least 4 members (excludes halogenated alkanes) is 3. The molecule has 168 valence electrons. The van der Waals surface area contributed by atoms with E-state index in [1.807, 2.05) is 43.0 Å². The van der Waals surface area contributed by atoms with Crippen LogP contribution < -0.4 is 10.1 Å². The maximum Gasteiger partial charge on any atom is 0.232 e. The minimum absolute atomic E-state index is 0.0848. The molecule has 1 aliphatic heterocycles. The van der Waals surface area contributed by atoms with Gasteiger partial charge in [-0.05, 0) is 43.7 Å². The van der Waals surface area contributed by atoms with Crippen LogP contribution in [0.5, 0.6) is 5.75 Å². The summed E-state index contributed by atoms with van der Waals surface area (Å²) in [5.41, 5.74) is 2.91. The van der Waals surface area contributed by atoms with Crippen molar-refractivity contribution in [2.24, 2.45) is 0 Å². The smallest absolute Gasteiger partial charge is 0.232 e. The molecule has 0 bridgehead atoms. The molecule has 0 saturated carbocycles. The van der Waals surface area contributed by atoms with Crippen molar-refractivity contribution in [2.45, 2.75) is 50.2 Å². The second-order valence-electron chi connectivity index (χ2n) is 7.55. The van der Waals surface area contributed by atoms with Gasteiger partial charge in [0.2, 0.25) is 6.29 Å². The lowest BCUT2D eigenvalue weighted by Crippen LogP contribution is -2.33. The first-order valence-electron chi connectivity index (χ1n) is 11.1. The van der Waals surface area contributed by atoms with Crippen LogP contribution in [0.2, 0.25) is 0 Å². The molecule has 0 saturated heterocycles. The third kappa shape index (κ3) is 5.34. The molecule has 1 atom stereocenters. The number of thiazole rings is 1. The quantitative estimate of drug-likeness (QED) is 0.198. The highest BCUT2D eigenvalue weighted by molar-refractivity contribution is 8.01. The number of aromatic nitrogens is 1. The van der Waals surface area contributed by atoms with E-state index in [0.29, 0.717) is 23.5 Å². The Balaban J connectivity index is 1.47. The third-order valence-electron chi connectivity index (χ3n) is 5.19. The molecular weight excluding hydrogens is 440 g/mol. The van der Waals surface area contributed by atoms with Gasteiger partial charge in [-0.15, -0.1) is 11.3 Å². The molecule has 0 amide bonds. The van der Waals surface area contributed by atoms with Crippen molar-refractivity contribution in [3.8, 4) is 5.75 Å². The first-order valence-corrected chi connectivity index (χ1v) is 12.9. The second kappa shape index (κ2) is 11.0. The van der Waals surface area contributed by atoms with Gasteiger partial charge in [-0.25, -0.2) is 4.98 Å². The van der Waals surface area contributed by atoms with E-state index < -0.39 is 6.29 Å². The molecule has 0 radical (unpaired) electrons. The molecular formula is C25H28N2O3S2. The van der Waals surface area contributed by atoms with Crippen LogP contribution in [0.3, 0.4) is 0 Å². The molecule has 4 rings (SSSR count). The number of benzene rings is 2. The SMILES string of the molecule is CCCCCCSc1nc2ccc(NC=C3C(=O)c4ccccc4OC3OCC)cc2s1. The van der Waals surface area contributed by atoms with Crippen LogP contribution >= 0.6 is 23.1 Å². The molecule has 1 aliphatic rings. The van der Waals surface area contributed by atoms with Gasteiger partial charge in [-0.1, -0.05) is 50.1 Å². The Morgan fingerprint density at radius 2 is 2.06 bits per heavy atom. The second-order valence-corrected chi connectivity index (χ2v) is 9.92. The Kier molecular flexibility index (Phi) is 7.84. The number of hydrogen-bond acceptors (Lipinski definition) is 7. The number of carbonyl (C=O) groups is 1. The van der Waals surface area contributed by atoms with Gasteiger partial charge in [0.1, 0.15) is 5.75 Å². The minimum atomic E-state index is -0.724. The van der Waals surface area contributed by atoms with E-state index in [1.165, 1.54) is 25.7 Å². The summed E-state index contributed by atoms with van der Waals surface area (Å²) in [5.74, 6) is 1.58. The summed E-state index contributed by atoms with van der Waals surface area (Å²) in [5, 5.41) is 3.26. The molecule has 5 nitrogen and oxygen atoms in total. The Morgan fingerprint density at radius 1 is 1.19 bits per heavy atom. The van der Waals surface area contributed by atoms with Crippen LogP contribution in [0, 0.1) is 0 Å². The van der Waals surface area contributed by atoms with E-state index >= 15 is 0 Å². The predicted octanol–water partition coefficient (Wildman–Crippen LogP) is 6.90. The van der Waals surface area contributed by atoms with Gasteiger partial charge in [0, 0.05) is 24.2 Å². The molecule has 0 spiro atoms. The summed E-state index contributed by atoms with van der Waals surface area (Å²) in [4.78, 5) is 17.8. The lowest BCUT2D eigenvalue weighted by Gasteiger charge is -2.27. The van der Waals surface area contributed by atoms with E-state index in [-0.39, 0.29) is 5.78 Å². The maximum atomic E-state index is 13.0. The average molecular weight is 469 g/mol. The first kappa shape index (κ1) is 22.8. The lowest BCUT2D eigenvalue weighted by molar-refractivity contribution is -0.0509. The number of nitrogens with one attached hydrogen (secondary N) is 1. The number of Topliss-reactive ketones (excluding diaryl/α,β-unsaturated/α-hetero) is 1. The van der Waals surface area contributed by atoms with Gasteiger partial charge in [-0.3, -0.25) is 4.79 Å². The number of ketones is 1. The Morgan fingerprint density at radius 3 is 2.91 bits per heavy atom. The monoisotopic (exact) mass is 468 g/mol. The zero-order valence-electron chi connectivity index (χ0n) is 18.4. The van der Waals surface area contributed by atoms with Crippen LogP contribution in [0.25, 0.3) is 10.2 Å². The van der Waals surface area contributed by atoms with E-state index in [0.717, 1.165) is 26.0 Å². The van der Waals surface area contributed by atoms with Crippen LogP contribution in [0.4, 0.5) is 5.69 Å². The highest BCUT2D eigenvalue weighted by Gasteiger charge is 2.32. The average Bonchev–Trinajstić information content (AvgIpc) is 3.21. The molecule has 0 aliphatic carbocycles. The summed E-state index contributed by atoms with van der Waals surface area (Å²) in [6.07, 6.45) is 6.05. The fraction of sp³-hybridized carbons (Fsp3) is 0.360. The zero-order chi connectivity index (χ0) is 22.3. The molecule has 1 N–H and O–H groups in total. The van der Waals surface area contributed by atoms with Crippen molar-refractivity contribution >= 4 is 44.8 Å². The van der Waals surface area contributed by atoms with Crippen molar-refractivity contribution in [1.82, 2.24) is 4.98 Å².